The van der Waals surface area contributed by atoms with E-state index in [4.69, 9.17) is 71.6 Å². The average molecular weight is 1870 g/mol. The molecule has 9 heterocycles. The Morgan fingerprint density at radius 3 is 1.74 bits per heavy atom. The molecular weight excluding hydrogens is 1780 g/mol. The minimum Gasteiger partial charge on any atom is -0.508 e. The molecule has 133 heavy (non-hydrogen) atoms. The molecule has 3 saturated heterocycles. The highest BCUT2D eigenvalue weighted by Crippen LogP contribution is 2.51. The third kappa shape index (κ3) is 19.8. The van der Waals surface area contributed by atoms with Gasteiger partial charge < -0.3 is 152 Å². The van der Waals surface area contributed by atoms with E-state index in [0.29, 0.717) is 5.56 Å². The number of hydrogen-bond acceptors (Lipinski definition) is 32. The number of carbonyl (C=O) groups is 8. The third-order valence-electron chi connectivity index (χ3n) is 24.2. The molecule has 17 bridgehead atoms. The molecule has 9 aromatic carbocycles. The molecule has 18 rings (SSSR count). The molecule has 6 unspecified atom stereocenters. The highest BCUT2D eigenvalue weighted by atomic mass is 35.5. The van der Waals surface area contributed by atoms with Crippen molar-refractivity contribution >= 4 is 70.2 Å². The van der Waals surface area contributed by atoms with Crippen LogP contribution in [0.15, 0.2) is 170 Å². The molecule has 0 saturated carbocycles. The lowest BCUT2D eigenvalue weighted by Gasteiger charge is -2.44. The van der Waals surface area contributed by atoms with Crippen LogP contribution in [-0.4, -0.2) is 242 Å². The van der Waals surface area contributed by atoms with E-state index >= 15 is 24.0 Å². The van der Waals surface area contributed by atoms with Crippen LogP contribution in [0, 0.1) is 0 Å². The topological polar surface area (TPSA) is 601 Å². The Kier molecular flexibility index (Phi) is 27.6. The third-order valence-corrected chi connectivity index (χ3v) is 24.7. The van der Waals surface area contributed by atoms with E-state index in [-0.39, 0.29) is 73.2 Å². The van der Waals surface area contributed by atoms with Crippen LogP contribution in [0.3, 0.4) is 0 Å². The van der Waals surface area contributed by atoms with Crippen molar-refractivity contribution in [2.75, 3.05) is 19.8 Å². The van der Waals surface area contributed by atoms with E-state index in [9.17, 15) is 85.9 Å². The van der Waals surface area contributed by atoms with E-state index < -0.39 is 289 Å². The van der Waals surface area contributed by atoms with Crippen LogP contribution in [0.1, 0.15) is 94.3 Å². The first kappa shape index (κ1) is 93.5. The lowest BCUT2D eigenvalue weighted by Crippen LogP contribution is -2.65. The number of ketones is 2. The van der Waals surface area contributed by atoms with E-state index in [1.165, 1.54) is 54.6 Å². The Morgan fingerprint density at radius 1 is 0.489 bits per heavy atom. The van der Waals surface area contributed by atoms with Gasteiger partial charge in [-0.1, -0.05) is 102 Å². The van der Waals surface area contributed by atoms with Gasteiger partial charge in [0.1, 0.15) is 138 Å². The normalized spacial score (nSPS) is 28.3. The number of hydrogen-bond donors (Lipinski definition) is 21. The zero-order valence-electron chi connectivity index (χ0n) is 70.1. The Labute approximate surface area is 765 Å². The number of halogens is 2. The molecule has 22 N–H and O–H groups in total. The predicted octanol–water partition coefficient (Wildman–Crippen LogP) is 3.08. The number of Topliss-reactive ketones (excluding diaryl/α,β-unsaturated/α-hetero) is 2. The number of phenols is 4. The highest BCUT2D eigenvalue weighted by molar-refractivity contribution is 6.32. The maximum absolute atomic E-state index is 17.2. The Morgan fingerprint density at radius 2 is 1.08 bits per heavy atom. The van der Waals surface area contributed by atoms with E-state index in [1.807, 2.05) is 30.3 Å². The van der Waals surface area contributed by atoms with Gasteiger partial charge in [0, 0.05) is 49.6 Å². The monoisotopic (exact) mass is 1870 g/mol. The van der Waals surface area contributed by atoms with Crippen LogP contribution in [0.2, 0.25) is 10.0 Å². The van der Waals surface area contributed by atoms with Gasteiger partial charge in [0.15, 0.2) is 40.9 Å². The molecule has 0 radical (unpaired) electrons. The molecule has 698 valence electrons. The predicted molar refractivity (Wildman–Crippen MR) is 462 cm³/mol. The van der Waals surface area contributed by atoms with Gasteiger partial charge in [-0.15, -0.1) is 0 Å². The van der Waals surface area contributed by atoms with Crippen LogP contribution in [-0.2, 0) is 76.7 Å². The van der Waals surface area contributed by atoms with E-state index in [1.54, 1.807) is 24.3 Å². The number of aromatic hydroxyl groups is 4. The molecule has 40 heteroatoms. The Balaban J connectivity index is 0.928. The molecule has 0 spiro atoms. The van der Waals surface area contributed by atoms with Crippen LogP contribution >= 0.6 is 23.2 Å². The molecule has 9 aliphatic heterocycles. The van der Waals surface area contributed by atoms with Crippen molar-refractivity contribution in [3.05, 3.63) is 224 Å². The number of fused-ring (bicyclic) bond motifs is 14. The highest BCUT2D eigenvalue weighted by Gasteiger charge is 2.52. The summed E-state index contributed by atoms with van der Waals surface area (Å²) in [6.45, 7) is -2.71. The van der Waals surface area contributed by atoms with E-state index in [0.717, 1.165) is 78.7 Å². The van der Waals surface area contributed by atoms with Crippen LogP contribution in [0.4, 0.5) is 0 Å². The Hall–Kier alpha value is -12.7. The summed E-state index contributed by atoms with van der Waals surface area (Å²) in [4.78, 5) is 125. The number of ether oxygens (including phenoxy) is 9. The summed E-state index contributed by atoms with van der Waals surface area (Å²) in [5.41, 5.74) is 7.06. The van der Waals surface area contributed by atoms with Crippen molar-refractivity contribution in [3.63, 3.8) is 0 Å². The molecule has 9 aliphatic rings. The zero-order chi connectivity index (χ0) is 94.4. The molecule has 22 atom stereocenters. The van der Waals surface area contributed by atoms with Crippen molar-refractivity contribution in [1.29, 1.82) is 0 Å². The second-order valence-corrected chi connectivity index (χ2v) is 34.0. The van der Waals surface area contributed by atoms with Gasteiger partial charge in [-0.05, 0) is 141 Å². The zero-order valence-corrected chi connectivity index (χ0v) is 71.6. The second kappa shape index (κ2) is 39.2. The summed E-state index contributed by atoms with van der Waals surface area (Å²) < 4.78 is 58.1. The fourth-order valence-corrected chi connectivity index (χ4v) is 17.6. The molecule has 0 aromatic heterocycles. The summed E-state index contributed by atoms with van der Waals surface area (Å²) in [7, 11) is 0. The summed E-state index contributed by atoms with van der Waals surface area (Å²) >= 11 is 14.8. The van der Waals surface area contributed by atoms with E-state index in [2.05, 4.69) is 31.9 Å². The second-order valence-electron chi connectivity index (χ2n) is 33.1. The fourth-order valence-electron chi connectivity index (χ4n) is 17.2. The number of benzene rings is 9. The van der Waals surface area contributed by atoms with Crippen molar-refractivity contribution in [2.45, 2.75) is 173 Å². The van der Waals surface area contributed by atoms with Crippen molar-refractivity contribution in [1.82, 2.24) is 31.9 Å². The number of nitrogens with two attached hydrogens (primary N) is 1. The maximum Gasteiger partial charge on any atom is 0.245 e. The lowest BCUT2D eigenvalue weighted by atomic mass is 9.85. The Bertz CT molecular complexity index is 5980. The number of carbonyl (C=O) groups excluding carboxylic acids is 8. The first-order valence-corrected chi connectivity index (χ1v) is 42.8. The molecule has 38 nitrogen and oxygen atoms in total. The number of aliphatic hydroxyl groups excluding tert-OH is 10. The van der Waals surface area contributed by atoms with Crippen molar-refractivity contribution in [3.8, 4) is 91.2 Å². The number of nitrogens with one attached hydrogen (secondary N) is 6. The van der Waals surface area contributed by atoms with Gasteiger partial charge in [-0.3, -0.25) is 38.4 Å². The van der Waals surface area contributed by atoms with Gasteiger partial charge in [-0.2, -0.15) is 0 Å². The minimum absolute atomic E-state index is 0.0659. The molecule has 3 fully saturated rings. The smallest absolute Gasteiger partial charge is 0.245 e. The quantitative estimate of drug-likeness (QED) is 0.0743. The number of phenolic OH excluding ortho intramolecular Hbond substituents is 4. The number of rotatable bonds is 14. The van der Waals surface area contributed by atoms with Gasteiger partial charge in [0.2, 0.25) is 53.8 Å². The van der Waals surface area contributed by atoms with Gasteiger partial charge in [-0.25, -0.2) is 0 Å². The van der Waals surface area contributed by atoms with Gasteiger partial charge in [0.25, 0.3) is 0 Å². The van der Waals surface area contributed by atoms with Crippen LogP contribution < -0.4 is 61.3 Å². The van der Waals surface area contributed by atoms with Crippen molar-refractivity contribution in [2.24, 2.45) is 5.73 Å². The minimum atomic E-state index is -2.32. The lowest BCUT2D eigenvalue weighted by molar-refractivity contribution is -0.284. The fraction of sp³-hybridized carbons (Fsp3) is 0.333. The first-order chi connectivity index (χ1) is 63.7. The largest absolute Gasteiger partial charge is 0.508 e. The van der Waals surface area contributed by atoms with Gasteiger partial charge in [0.05, 0.1) is 54.2 Å². The van der Waals surface area contributed by atoms with Crippen LogP contribution in [0.5, 0.6) is 69.0 Å². The summed E-state index contributed by atoms with van der Waals surface area (Å²) in [5, 5.41) is 175. The first-order valence-electron chi connectivity index (χ1n) is 42.1. The van der Waals surface area contributed by atoms with Crippen molar-refractivity contribution < 1.29 is 152 Å². The molecule has 0 aliphatic carbocycles. The average Bonchev–Trinajstić information content (AvgIpc) is 0.762. The standard InChI is InChI=1S/C93H91Cl2N7O31/c1-38(106)98-75-81(117)78(114)68(35-103)129-91(75)132-85-45-14-18-63(56(95)26-45)127-67-29-47-28-66(86(67)133-92-76(82(118)79(115)69(36-104)130-92)100-71(113)21-39-7-10-42(11-8-39)41-5-3-2-4-6-41)126-62-17-9-40(19-55(62)94)20-57-60(111)32-53(46-22-49(107)30-51(24-46)125-64-27-44(13-16-59(64)110)73(96)89(123)99-57)88(122)101-74(47)61(112)33-52-43-12-15-58(109)54(25-43)72-48(34-97-90(124)77(85)102-87(52)121)23-50(108)31-65(72)128-93-84(120)83(119)80(116)70(37-105)131-93/h2-19,22-31,52-53,57,68-70,73-85,91-93,103-105,107-110,114-120H,20-21,32-37,96H2,1H3,(H,97,124)(H,98,106)(H,99,123)(H,100,113)(H,101,122)(H,102,121)/t52-,53+,57-,68?,69?,70?,73-,74-,75?,76?,77+,78-,79-,80-,81-,82-,83?,84-,85-,91+,92+,93+/m1/s1. The summed E-state index contributed by atoms with van der Waals surface area (Å²) in [6, 6.07) is 27.2. The molecule has 6 amide bonds. The molecule has 9 aromatic rings. The van der Waals surface area contributed by atoms with Crippen LogP contribution in [0.25, 0.3) is 22.3 Å². The SMILES string of the molecule is CC(=O)NC1[C@H](O[C@@H]2c3ccc(c(Cl)c3)Oc3cc4cc(c3O[C@@H]3OC(CO)[C@@H](O)[C@H](O)C3NC(=O)Cc3ccc(-c5ccccc5)cc3)Oc3ccc(cc3Cl)C[C@H]3NC(=O)[C@H](N)c5ccc(O)c(c5)Oc5cc(O)cc(c5)[C@H](CC3=O)C(=O)N[C@H]4C(=O)C[C@H]3C(=O)N[C@@H]2C(=O)NCc2cc(O)cc(O[C@H]4OC(CO)[C@@H](O)C(O)[C@H]4O)c2-c2cc3ccc2O)OC(CO)[C@@H](O)[C@@H]1O. The number of aliphatic hydroxyl groups is 10. The molecular formula is C93H91Cl2N7O31. The summed E-state index contributed by atoms with van der Waals surface area (Å²) in [6.07, 6.45) is -30.4. The summed E-state index contributed by atoms with van der Waals surface area (Å²) in [5.74, 6) is -18.8. The van der Waals surface area contributed by atoms with Gasteiger partial charge >= 0.3 is 0 Å². The number of amides is 6. The maximum atomic E-state index is 17.2.